The molecule has 1 saturated carbocycles. The lowest BCUT2D eigenvalue weighted by Crippen LogP contribution is -2.33. The molecule has 1 nitrogen and oxygen atoms in total. The van der Waals surface area contributed by atoms with Gasteiger partial charge in [0.1, 0.15) is 0 Å². The maximum atomic E-state index is 3.61. The van der Waals surface area contributed by atoms with Crippen molar-refractivity contribution < 1.29 is 0 Å². The molecule has 0 saturated heterocycles. The Labute approximate surface area is 96.0 Å². The van der Waals surface area contributed by atoms with Gasteiger partial charge in [-0.25, -0.2) is 0 Å². The molecule has 1 aliphatic rings. The fourth-order valence-corrected chi connectivity index (χ4v) is 2.86. The van der Waals surface area contributed by atoms with E-state index in [1.165, 1.54) is 44.9 Å². The van der Waals surface area contributed by atoms with E-state index in [2.05, 4.69) is 26.1 Å². The molecule has 1 rings (SSSR count). The molecule has 0 spiro atoms. The van der Waals surface area contributed by atoms with E-state index >= 15 is 0 Å². The van der Waals surface area contributed by atoms with Gasteiger partial charge in [-0.1, -0.05) is 59.3 Å². The smallest absolute Gasteiger partial charge is 0.00899 e. The lowest BCUT2D eigenvalue weighted by atomic mass is 9.94. The summed E-state index contributed by atoms with van der Waals surface area (Å²) in [6, 6.07) is 0.747. The maximum absolute atomic E-state index is 3.61. The second-order valence-electron chi connectivity index (χ2n) is 5.49. The predicted molar refractivity (Wildman–Crippen MR) is 68.1 cm³/mol. The van der Waals surface area contributed by atoms with Gasteiger partial charge in [0.25, 0.3) is 0 Å². The van der Waals surface area contributed by atoms with E-state index in [-0.39, 0.29) is 0 Å². The molecule has 1 fully saturated rings. The third-order valence-electron chi connectivity index (χ3n) is 3.87. The largest absolute Gasteiger partial charge is 0.314 e. The van der Waals surface area contributed by atoms with Crippen LogP contribution >= 0.6 is 0 Å². The van der Waals surface area contributed by atoms with Gasteiger partial charge in [-0.05, 0) is 24.8 Å². The van der Waals surface area contributed by atoms with Gasteiger partial charge >= 0.3 is 0 Å². The van der Waals surface area contributed by atoms with Crippen molar-refractivity contribution in [1.82, 2.24) is 5.32 Å². The Morgan fingerprint density at radius 1 is 1.20 bits per heavy atom. The normalized spacial score (nSPS) is 20.0. The van der Waals surface area contributed by atoms with Crippen molar-refractivity contribution in [3.05, 3.63) is 0 Å². The van der Waals surface area contributed by atoms with Gasteiger partial charge in [0.05, 0.1) is 0 Å². The number of hydrogen-bond acceptors (Lipinski definition) is 1. The Hall–Kier alpha value is -0.0400. The minimum Gasteiger partial charge on any atom is -0.314 e. The van der Waals surface area contributed by atoms with Crippen LogP contribution in [0.15, 0.2) is 0 Å². The Kier molecular flexibility index (Phi) is 6.31. The second kappa shape index (κ2) is 7.27. The summed E-state index contributed by atoms with van der Waals surface area (Å²) >= 11 is 0. The second-order valence-corrected chi connectivity index (χ2v) is 5.49. The lowest BCUT2D eigenvalue weighted by Gasteiger charge is -2.22. The first-order valence-electron chi connectivity index (χ1n) is 6.97. The topological polar surface area (TPSA) is 12.0 Å². The standard InChI is InChI=1S/C14H29N/c1-4-15-14(12(2)3)11-7-10-13-8-5-6-9-13/h12-15H,4-11H2,1-3H3. The van der Waals surface area contributed by atoms with Crippen LogP contribution in [0, 0.1) is 11.8 Å². The molecule has 1 unspecified atom stereocenters. The van der Waals surface area contributed by atoms with E-state index in [9.17, 15) is 0 Å². The van der Waals surface area contributed by atoms with Crippen LogP contribution in [-0.2, 0) is 0 Å². The molecule has 1 aliphatic carbocycles. The first-order chi connectivity index (χ1) is 7.24. The van der Waals surface area contributed by atoms with Crippen LogP contribution in [0.3, 0.4) is 0 Å². The third kappa shape index (κ3) is 5.01. The van der Waals surface area contributed by atoms with Gasteiger partial charge in [-0.15, -0.1) is 0 Å². The summed E-state index contributed by atoms with van der Waals surface area (Å²) < 4.78 is 0. The summed E-state index contributed by atoms with van der Waals surface area (Å²) in [6.07, 6.45) is 10.3. The van der Waals surface area contributed by atoms with E-state index in [0.717, 1.165) is 24.4 Å². The van der Waals surface area contributed by atoms with Crippen LogP contribution in [0.25, 0.3) is 0 Å². The highest BCUT2D eigenvalue weighted by Gasteiger charge is 2.16. The average Bonchev–Trinajstić information content (AvgIpc) is 2.69. The lowest BCUT2D eigenvalue weighted by molar-refractivity contribution is 0.356. The van der Waals surface area contributed by atoms with Crippen molar-refractivity contribution in [2.75, 3.05) is 6.54 Å². The van der Waals surface area contributed by atoms with Gasteiger partial charge in [-0.3, -0.25) is 0 Å². The fraction of sp³-hybridized carbons (Fsp3) is 1.00. The highest BCUT2D eigenvalue weighted by atomic mass is 14.9. The van der Waals surface area contributed by atoms with Crippen molar-refractivity contribution in [2.45, 2.75) is 71.8 Å². The molecule has 15 heavy (non-hydrogen) atoms. The van der Waals surface area contributed by atoms with E-state index in [1.54, 1.807) is 0 Å². The molecule has 0 amide bonds. The van der Waals surface area contributed by atoms with Crippen LogP contribution in [0.2, 0.25) is 0 Å². The zero-order valence-corrected chi connectivity index (χ0v) is 10.9. The van der Waals surface area contributed by atoms with Gasteiger partial charge in [-0.2, -0.15) is 0 Å². The quantitative estimate of drug-likeness (QED) is 0.671. The molecule has 1 N–H and O–H groups in total. The van der Waals surface area contributed by atoms with Gasteiger partial charge in [0.15, 0.2) is 0 Å². The van der Waals surface area contributed by atoms with Crippen molar-refractivity contribution in [3.63, 3.8) is 0 Å². The molecule has 0 aromatic carbocycles. The van der Waals surface area contributed by atoms with Gasteiger partial charge in [0.2, 0.25) is 0 Å². The van der Waals surface area contributed by atoms with Crippen molar-refractivity contribution in [1.29, 1.82) is 0 Å². The van der Waals surface area contributed by atoms with Crippen molar-refractivity contribution >= 4 is 0 Å². The molecule has 0 aromatic rings. The Morgan fingerprint density at radius 2 is 1.87 bits per heavy atom. The molecule has 0 radical (unpaired) electrons. The first-order valence-corrected chi connectivity index (χ1v) is 6.97. The summed E-state index contributed by atoms with van der Waals surface area (Å²) in [5, 5.41) is 3.61. The summed E-state index contributed by atoms with van der Waals surface area (Å²) in [7, 11) is 0. The SMILES string of the molecule is CCNC(CCCC1CCCC1)C(C)C. The maximum Gasteiger partial charge on any atom is 0.00899 e. The zero-order chi connectivity index (χ0) is 11.1. The Bertz CT molecular complexity index is 147. The fourth-order valence-electron chi connectivity index (χ4n) is 2.86. The minimum absolute atomic E-state index is 0.747. The van der Waals surface area contributed by atoms with Gasteiger partial charge in [0, 0.05) is 6.04 Å². The number of nitrogens with one attached hydrogen (secondary N) is 1. The number of rotatable bonds is 7. The molecular formula is C14H29N. The summed E-state index contributed by atoms with van der Waals surface area (Å²) in [5.74, 6) is 1.85. The molecule has 0 bridgehead atoms. The van der Waals surface area contributed by atoms with Crippen molar-refractivity contribution in [2.24, 2.45) is 11.8 Å². The summed E-state index contributed by atoms with van der Waals surface area (Å²) in [5.41, 5.74) is 0. The minimum atomic E-state index is 0.747. The van der Waals surface area contributed by atoms with Crippen LogP contribution in [0.4, 0.5) is 0 Å². The Balaban J connectivity index is 2.09. The highest BCUT2D eigenvalue weighted by molar-refractivity contribution is 4.72. The molecule has 1 heteroatoms. The summed E-state index contributed by atoms with van der Waals surface area (Å²) in [6.45, 7) is 8.00. The van der Waals surface area contributed by atoms with E-state index in [0.29, 0.717) is 0 Å². The molecule has 0 aliphatic heterocycles. The van der Waals surface area contributed by atoms with Crippen molar-refractivity contribution in [3.8, 4) is 0 Å². The monoisotopic (exact) mass is 211 g/mol. The predicted octanol–water partition coefficient (Wildman–Crippen LogP) is 3.98. The van der Waals surface area contributed by atoms with Gasteiger partial charge < -0.3 is 5.32 Å². The zero-order valence-electron chi connectivity index (χ0n) is 10.9. The van der Waals surface area contributed by atoms with Crippen LogP contribution in [0.1, 0.15) is 65.7 Å². The summed E-state index contributed by atoms with van der Waals surface area (Å²) in [4.78, 5) is 0. The molecule has 90 valence electrons. The van der Waals surface area contributed by atoms with E-state index in [1.807, 2.05) is 0 Å². The molecule has 1 atom stereocenters. The average molecular weight is 211 g/mol. The van der Waals surface area contributed by atoms with Crippen LogP contribution in [0.5, 0.6) is 0 Å². The van der Waals surface area contributed by atoms with E-state index in [4.69, 9.17) is 0 Å². The van der Waals surface area contributed by atoms with E-state index < -0.39 is 0 Å². The van der Waals surface area contributed by atoms with Crippen LogP contribution < -0.4 is 5.32 Å². The third-order valence-corrected chi connectivity index (χ3v) is 3.87. The van der Waals surface area contributed by atoms with Crippen LogP contribution in [-0.4, -0.2) is 12.6 Å². The number of hydrogen-bond donors (Lipinski definition) is 1. The molecule has 0 aromatic heterocycles. The molecular weight excluding hydrogens is 182 g/mol. The Morgan fingerprint density at radius 3 is 2.40 bits per heavy atom. The first kappa shape index (κ1) is 13.0. The molecule has 0 heterocycles. The highest BCUT2D eigenvalue weighted by Crippen LogP contribution is 2.29.